The number of aryl methyl sites for hydroxylation is 2. The molecule has 2 aromatic rings. The number of nitrogens with one attached hydrogen (secondary N) is 1. The van der Waals surface area contributed by atoms with Crippen molar-refractivity contribution in [1.29, 1.82) is 0 Å². The molecule has 0 aliphatic rings. The summed E-state index contributed by atoms with van der Waals surface area (Å²) in [6, 6.07) is 4.27. The van der Waals surface area contributed by atoms with Crippen molar-refractivity contribution >= 4 is 16.6 Å². The summed E-state index contributed by atoms with van der Waals surface area (Å²) in [7, 11) is 0. The Morgan fingerprint density at radius 1 is 1.17 bits per heavy atom. The van der Waals surface area contributed by atoms with Crippen molar-refractivity contribution in [2.24, 2.45) is 0 Å². The standard InChI is InChI=1S/C10H12N2/c1-6-3-8-5-12-10(11)9(8)4-7(6)2/h3-5,12H,11H2,1-2H3. The van der Waals surface area contributed by atoms with Crippen LogP contribution in [-0.4, -0.2) is 4.98 Å². The van der Waals surface area contributed by atoms with E-state index in [1.54, 1.807) is 0 Å². The van der Waals surface area contributed by atoms with Crippen molar-refractivity contribution in [1.82, 2.24) is 4.98 Å². The van der Waals surface area contributed by atoms with Gasteiger partial charge in [0.1, 0.15) is 5.82 Å². The average Bonchev–Trinajstić information content (AvgIpc) is 2.35. The molecular formula is C10H12N2. The molecular weight excluding hydrogens is 148 g/mol. The Bertz CT molecular complexity index is 427. The summed E-state index contributed by atoms with van der Waals surface area (Å²) in [5.41, 5.74) is 8.33. The minimum absolute atomic E-state index is 0.758. The van der Waals surface area contributed by atoms with E-state index in [0.717, 1.165) is 11.2 Å². The zero-order chi connectivity index (χ0) is 8.72. The molecule has 0 radical (unpaired) electrons. The van der Waals surface area contributed by atoms with Gasteiger partial charge < -0.3 is 10.7 Å². The highest BCUT2D eigenvalue weighted by molar-refractivity contribution is 5.92. The Hall–Kier alpha value is -1.44. The number of fused-ring (bicyclic) bond motifs is 1. The fourth-order valence-corrected chi connectivity index (χ4v) is 1.42. The van der Waals surface area contributed by atoms with Gasteiger partial charge in [0.15, 0.2) is 0 Å². The Morgan fingerprint density at radius 2 is 1.83 bits per heavy atom. The summed E-state index contributed by atoms with van der Waals surface area (Å²) in [6.45, 7) is 4.21. The molecule has 0 spiro atoms. The van der Waals surface area contributed by atoms with Crippen LogP contribution in [0.15, 0.2) is 18.3 Å². The van der Waals surface area contributed by atoms with Gasteiger partial charge in [-0.25, -0.2) is 0 Å². The molecule has 0 unspecified atom stereocenters. The van der Waals surface area contributed by atoms with E-state index >= 15 is 0 Å². The van der Waals surface area contributed by atoms with Crippen LogP contribution in [-0.2, 0) is 0 Å². The van der Waals surface area contributed by atoms with Crippen molar-refractivity contribution in [3.05, 3.63) is 29.5 Å². The van der Waals surface area contributed by atoms with E-state index in [1.807, 2.05) is 6.20 Å². The predicted octanol–water partition coefficient (Wildman–Crippen LogP) is 2.37. The van der Waals surface area contributed by atoms with Crippen molar-refractivity contribution in [2.45, 2.75) is 13.8 Å². The Balaban J connectivity index is 2.87. The first kappa shape index (κ1) is 7.22. The lowest BCUT2D eigenvalue weighted by atomic mass is 10.1. The SMILES string of the molecule is Cc1cc2c[nH]c(N)c2cc1C. The van der Waals surface area contributed by atoms with E-state index in [-0.39, 0.29) is 0 Å². The molecule has 62 valence electrons. The van der Waals surface area contributed by atoms with Crippen LogP contribution in [0.3, 0.4) is 0 Å². The molecule has 0 fully saturated rings. The molecule has 2 heteroatoms. The quantitative estimate of drug-likeness (QED) is 0.610. The monoisotopic (exact) mass is 160 g/mol. The highest BCUT2D eigenvalue weighted by Gasteiger charge is 2.01. The summed E-state index contributed by atoms with van der Waals surface area (Å²) >= 11 is 0. The van der Waals surface area contributed by atoms with Crippen LogP contribution in [0.5, 0.6) is 0 Å². The van der Waals surface area contributed by atoms with Gasteiger partial charge in [0, 0.05) is 17.0 Å². The van der Waals surface area contributed by atoms with Crippen LogP contribution in [0, 0.1) is 13.8 Å². The maximum absolute atomic E-state index is 5.74. The number of benzene rings is 1. The van der Waals surface area contributed by atoms with E-state index in [1.165, 1.54) is 16.5 Å². The van der Waals surface area contributed by atoms with E-state index in [2.05, 4.69) is 31.0 Å². The molecule has 1 heterocycles. The number of hydrogen-bond donors (Lipinski definition) is 2. The van der Waals surface area contributed by atoms with E-state index < -0.39 is 0 Å². The lowest BCUT2D eigenvalue weighted by molar-refractivity contribution is 1.37. The Labute approximate surface area is 71.4 Å². The Morgan fingerprint density at radius 3 is 2.58 bits per heavy atom. The Kier molecular flexibility index (Phi) is 1.37. The summed E-state index contributed by atoms with van der Waals surface area (Å²) in [6.07, 6.45) is 1.94. The normalized spacial score (nSPS) is 10.8. The van der Waals surface area contributed by atoms with Crippen LogP contribution >= 0.6 is 0 Å². The molecule has 2 rings (SSSR count). The van der Waals surface area contributed by atoms with E-state index in [4.69, 9.17) is 5.73 Å². The van der Waals surface area contributed by atoms with Crippen molar-refractivity contribution in [3.63, 3.8) is 0 Å². The molecule has 0 aliphatic heterocycles. The number of hydrogen-bond acceptors (Lipinski definition) is 1. The van der Waals surface area contributed by atoms with E-state index in [9.17, 15) is 0 Å². The maximum Gasteiger partial charge on any atom is 0.108 e. The van der Waals surface area contributed by atoms with Gasteiger partial charge in [0.2, 0.25) is 0 Å². The summed E-state index contributed by atoms with van der Waals surface area (Å²) in [5.74, 6) is 0.758. The van der Waals surface area contributed by atoms with Gasteiger partial charge in [-0.3, -0.25) is 0 Å². The van der Waals surface area contributed by atoms with Gasteiger partial charge in [-0.05, 0) is 37.1 Å². The molecule has 0 saturated heterocycles. The largest absolute Gasteiger partial charge is 0.385 e. The second-order valence-electron chi connectivity index (χ2n) is 3.23. The van der Waals surface area contributed by atoms with Crippen molar-refractivity contribution in [3.8, 4) is 0 Å². The first-order valence-electron chi connectivity index (χ1n) is 4.02. The lowest BCUT2D eigenvalue weighted by Gasteiger charge is -1.99. The van der Waals surface area contributed by atoms with Crippen LogP contribution in [0.2, 0.25) is 0 Å². The second kappa shape index (κ2) is 2.27. The average molecular weight is 160 g/mol. The van der Waals surface area contributed by atoms with Gasteiger partial charge in [-0.15, -0.1) is 0 Å². The molecule has 12 heavy (non-hydrogen) atoms. The molecule has 0 atom stereocenters. The number of nitrogen functional groups attached to an aromatic ring is 1. The number of aromatic amines is 1. The summed E-state index contributed by atoms with van der Waals surface area (Å²) < 4.78 is 0. The second-order valence-corrected chi connectivity index (χ2v) is 3.23. The van der Waals surface area contributed by atoms with Gasteiger partial charge in [-0.2, -0.15) is 0 Å². The predicted molar refractivity (Wildman–Crippen MR) is 52.2 cm³/mol. The highest BCUT2D eigenvalue weighted by Crippen LogP contribution is 2.23. The maximum atomic E-state index is 5.74. The first-order valence-corrected chi connectivity index (χ1v) is 4.02. The summed E-state index contributed by atoms with van der Waals surface area (Å²) in [4.78, 5) is 3.01. The van der Waals surface area contributed by atoms with Crippen LogP contribution in [0.4, 0.5) is 5.82 Å². The highest BCUT2D eigenvalue weighted by atomic mass is 14.8. The third-order valence-electron chi connectivity index (χ3n) is 2.34. The molecule has 0 aliphatic carbocycles. The number of rotatable bonds is 0. The van der Waals surface area contributed by atoms with Crippen LogP contribution < -0.4 is 5.73 Å². The number of nitrogens with two attached hydrogens (primary N) is 1. The molecule has 1 aromatic heterocycles. The number of H-pyrrole nitrogens is 1. The lowest BCUT2D eigenvalue weighted by Crippen LogP contribution is -1.85. The molecule has 1 aromatic carbocycles. The minimum Gasteiger partial charge on any atom is -0.385 e. The number of anilines is 1. The fraction of sp³-hybridized carbons (Fsp3) is 0.200. The third-order valence-corrected chi connectivity index (χ3v) is 2.34. The molecule has 0 amide bonds. The smallest absolute Gasteiger partial charge is 0.108 e. The van der Waals surface area contributed by atoms with Gasteiger partial charge in [0.25, 0.3) is 0 Å². The zero-order valence-corrected chi connectivity index (χ0v) is 7.31. The first-order chi connectivity index (χ1) is 5.68. The fourth-order valence-electron chi connectivity index (χ4n) is 1.42. The molecule has 0 bridgehead atoms. The van der Waals surface area contributed by atoms with Gasteiger partial charge >= 0.3 is 0 Å². The molecule has 2 nitrogen and oxygen atoms in total. The van der Waals surface area contributed by atoms with Gasteiger partial charge in [0.05, 0.1) is 0 Å². The van der Waals surface area contributed by atoms with E-state index in [0.29, 0.717) is 0 Å². The topological polar surface area (TPSA) is 41.8 Å². The minimum atomic E-state index is 0.758. The van der Waals surface area contributed by atoms with Crippen LogP contribution in [0.1, 0.15) is 11.1 Å². The molecule has 0 saturated carbocycles. The molecule has 3 N–H and O–H groups in total. The van der Waals surface area contributed by atoms with Gasteiger partial charge in [-0.1, -0.05) is 0 Å². The zero-order valence-electron chi connectivity index (χ0n) is 7.31. The summed E-state index contributed by atoms with van der Waals surface area (Å²) in [5, 5.41) is 2.31. The van der Waals surface area contributed by atoms with Crippen molar-refractivity contribution < 1.29 is 0 Å². The van der Waals surface area contributed by atoms with Crippen LogP contribution in [0.25, 0.3) is 10.8 Å². The third kappa shape index (κ3) is 0.881. The van der Waals surface area contributed by atoms with Crippen molar-refractivity contribution in [2.75, 3.05) is 5.73 Å². The number of aromatic nitrogens is 1.